The molecule has 0 spiro atoms. The largest absolute Gasteiger partial charge is 0.478 e. The van der Waals surface area contributed by atoms with Crippen LogP contribution in [0.4, 0.5) is 17.1 Å². The minimum absolute atomic E-state index is 0.135. The molecule has 1 atom stereocenters. The van der Waals surface area contributed by atoms with Gasteiger partial charge in [-0.1, -0.05) is 52.5 Å². The van der Waals surface area contributed by atoms with Gasteiger partial charge in [0, 0.05) is 22.7 Å². The molecule has 0 aliphatic rings. The molecule has 0 aromatic heterocycles. The zero-order valence-electron chi connectivity index (χ0n) is 19.5. The Kier molecular flexibility index (Phi) is 9.50. The van der Waals surface area contributed by atoms with Gasteiger partial charge in [-0.3, -0.25) is 19.7 Å². The summed E-state index contributed by atoms with van der Waals surface area (Å²) >= 11 is 25.2. The second kappa shape index (κ2) is 12.2. The zero-order valence-corrected chi connectivity index (χ0v) is 23.3. The molecule has 0 radical (unpaired) electrons. The van der Waals surface area contributed by atoms with Crippen LogP contribution in [0.3, 0.4) is 0 Å². The molecular formula is C24H17Cl4N3O6S. The van der Waals surface area contributed by atoms with Gasteiger partial charge in [-0.2, -0.15) is 0 Å². The highest BCUT2D eigenvalue weighted by Gasteiger charge is 2.29. The fourth-order valence-electron chi connectivity index (χ4n) is 3.21. The number of carboxylic acid groups (broad SMARTS) is 1. The topological polar surface area (TPSA) is 139 Å². The Morgan fingerprint density at radius 3 is 2.05 bits per heavy atom. The van der Waals surface area contributed by atoms with E-state index in [1.54, 1.807) is 44.2 Å². The molecule has 0 aliphatic carbocycles. The van der Waals surface area contributed by atoms with Crippen molar-refractivity contribution in [1.82, 2.24) is 0 Å². The first-order valence-electron chi connectivity index (χ1n) is 10.5. The van der Waals surface area contributed by atoms with Crippen LogP contribution in [0, 0.1) is 17.0 Å². The van der Waals surface area contributed by atoms with Crippen molar-refractivity contribution in [2.45, 2.75) is 24.0 Å². The summed E-state index contributed by atoms with van der Waals surface area (Å²) in [6.45, 7) is 3.40. The lowest BCUT2D eigenvalue weighted by molar-refractivity contribution is -0.384. The minimum atomic E-state index is -1.51. The Balaban J connectivity index is 1.72. The SMILES string of the molecule is Cc1ccc([N+](=O)[O-])cc1NC(=O)C(C)Sc1ccc(NC(=O)c2c(Cl)c(Cl)c(Cl)c(Cl)c2C(=O)O)cc1. The smallest absolute Gasteiger partial charge is 0.338 e. The van der Waals surface area contributed by atoms with Crippen molar-refractivity contribution in [2.75, 3.05) is 10.6 Å². The van der Waals surface area contributed by atoms with E-state index >= 15 is 0 Å². The number of thioether (sulfide) groups is 1. The van der Waals surface area contributed by atoms with Crippen molar-refractivity contribution in [2.24, 2.45) is 0 Å². The number of carbonyl (C=O) groups excluding carboxylic acids is 2. The van der Waals surface area contributed by atoms with E-state index < -0.39 is 38.2 Å². The Labute approximate surface area is 240 Å². The van der Waals surface area contributed by atoms with Gasteiger partial charge in [-0.25, -0.2) is 4.79 Å². The van der Waals surface area contributed by atoms with Crippen LogP contribution in [0.25, 0.3) is 0 Å². The van der Waals surface area contributed by atoms with Crippen LogP contribution in [-0.2, 0) is 4.79 Å². The predicted octanol–water partition coefficient (Wildman–Crippen LogP) is 7.59. The summed E-state index contributed by atoms with van der Waals surface area (Å²) in [6, 6.07) is 10.6. The van der Waals surface area contributed by atoms with Crippen LogP contribution < -0.4 is 10.6 Å². The molecule has 0 bridgehead atoms. The molecule has 0 saturated heterocycles. The Morgan fingerprint density at radius 1 is 0.921 bits per heavy atom. The normalized spacial score (nSPS) is 11.5. The highest BCUT2D eigenvalue weighted by atomic mass is 35.5. The number of carbonyl (C=O) groups is 3. The number of halogens is 4. The van der Waals surface area contributed by atoms with E-state index in [-0.39, 0.29) is 26.7 Å². The molecule has 14 heteroatoms. The van der Waals surface area contributed by atoms with Gasteiger partial charge in [-0.15, -0.1) is 11.8 Å². The van der Waals surface area contributed by atoms with Crippen LogP contribution in [0.15, 0.2) is 47.4 Å². The number of amides is 2. The molecule has 3 aromatic carbocycles. The van der Waals surface area contributed by atoms with Crippen molar-refractivity contribution < 1.29 is 24.4 Å². The van der Waals surface area contributed by atoms with Gasteiger partial charge in [0.05, 0.1) is 47.1 Å². The average Bonchev–Trinajstić information content (AvgIpc) is 2.86. The van der Waals surface area contributed by atoms with E-state index in [4.69, 9.17) is 46.4 Å². The summed E-state index contributed by atoms with van der Waals surface area (Å²) in [4.78, 5) is 48.4. The maximum Gasteiger partial charge on any atom is 0.338 e. The molecule has 38 heavy (non-hydrogen) atoms. The molecule has 2 amide bonds. The third kappa shape index (κ3) is 6.51. The summed E-state index contributed by atoms with van der Waals surface area (Å²) in [6.07, 6.45) is 0. The van der Waals surface area contributed by atoms with E-state index in [1.807, 2.05) is 0 Å². The third-order valence-electron chi connectivity index (χ3n) is 5.19. The Morgan fingerprint density at radius 2 is 1.50 bits per heavy atom. The molecule has 1 unspecified atom stereocenters. The summed E-state index contributed by atoms with van der Waals surface area (Å²) in [5.41, 5.74) is 0.155. The van der Waals surface area contributed by atoms with Gasteiger partial charge in [0.15, 0.2) is 0 Å². The number of anilines is 2. The molecule has 198 valence electrons. The van der Waals surface area contributed by atoms with Crippen molar-refractivity contribution in [1.29, 1.82) is 0 Å². The molecule has 0 saturated carbocycles. The van der Waals surface area contributed by atoms with Crippen LogP contribution in [-0.4, -0.2) is 33.1 Å². The highest BCUT2D eigenvalue weighted by molar-refractivity contribution is 8.00. The van der Waals surface area contributed by atoms with Crippen molar-refractivity contribution >= 4 is 93.0 Å². The van der Waals surface area contributed by atoms with Crippen LogP contribution in [0.2, 0.25) is 20.1 Å². The Bertz CT molecular complexity index is 1470. The molecule has 9 nitrogen and oxygen atoms in total. The van der Waals surface area contributed by atoms with E-state index in [0.29, 0.717) is 21.8 Å². The molecule has 0 heterocycles. The van der Waals surface area contributed by atoms with E-state index in [2.05, 4.69) is 10.6 Å². The maximum absolute atomic E-state index is 12.9. The summed E-state index contributed by atoms with van der Waals surface area (Å²) in [7, 11) is 0. The maximum atomic E-state index is 12.9. The first-order valence-corrected chi connectivity index (χ1v) is 12.9. The van der Waals surface area contributed by atoms with E-state index in [9.17, 15) is 29.6 Å². The molecule has 0 fully saturated rings. The van der Waals surface area contributed by atoms with Crippen molar-refractivity contribution in [3.05, 3.63) is 89.4 Å². The standard InChI is InChI=1S/C24H17Cl4N3O6S/c1-10-3-6-13(31(36)37)9-15(10)30-22(32)11(2)38-14-7-4-12(5-8-14)29-23(33)16-17(24(34)35)19(26)21(28)20(27)18(16)25/h3-9,11H,1-2H3,(H,29,33)(H,30,32)(H,34,35). The fourth-order valence-corrected chi connectivity index (χ4v) is 5.09. The van der Waals surface area contributed by atoms with Gasteiger partial charge in [-0.05, 0) is 43.7 Å². The molecule has 3 N–H and O–H groups in total. The molecule has 3 rings (SSSR count). The van der Waals surface area contributed by atoms with Crippen LogP contribution in [0.5, 0.6) is 0 Å². The molecular weight excluding hydrogens is 600 g/mol. The number of benzene rings is 3. The van der Waals surface area contributed by atoms with Crippen LogP contribution >= 0.6 is 58.2 Å². The highest BCUT2D eigenvalue weighted by Crippen LogP contribution is 2.42. The molecule has 3 aromatic rings. The second-order valence-corrected chi connectivity index (χ2v) is 10.7. The lowest BCUT2D eigenvalue weighted by atomic mass is 10.1. The number of aryl methyl sites for hydroxylation is 1. The number of nitrogens with zero attached hydrogens (tertiary/aromatic N) is 1. The van der Waals surface area contributed by atoms with Gasteiger partial charge < -0.3 is 15.7 Å². The predicted molar refractivity (Wildman–Crippen MR) is 150 cm³/mol. The number of carboxylic acids is 1. The van der Waals surface area contributed by atoms with E-state index in [1.165, 1.54) is 23.9 Å². The first-order chi connectivity index (χ1) is 17.8. The van der Waals surface area contributed by atoms with Gasteiger partial charge >= 0.3 is 5.97 Å². The number of hydrogen-bond acceptors (Lipinski definition) is 6. The van der Waals surface area contributed by atoms with Gasteiger partial charge in [0.1, 0.15) is 0 Å². The number of nitrogens with one attached hydrogen (secondary N) is 2. The first kappa shape index (κ1) is 29.5. The molecule has 0 aliphatic heterocycles. The number of nitro groups is 1. The summed E-state index contributed by atoms with van der Waals surface area (Å²) in [5.74, 6) is -2.74. The number of non-ortho nitro benzene ring substituents is 1. The van der Waals surface area contributed by atoms with Gasteiger partial charge in [0.2, 0.25) is 5.91 Å². The minimum Gasteiger partial charge on any atom is -0.478 e. The monoisotopic (exact) mass is 615 g/mol. The lowest BCUT2D eigenvalue weighted by Gasteiger charge is -2.15. The zero-order chi connectivity index (χ0) is 28.3. The number of hydrogen-bond donors (Lipinski definition) is 3. The summed E-state index contributed by atoms with van der Waals surface area (Å²) < 4.78 is 0. The number of aromatic carboxylic acids is 1. The van der Waals surface area contributed by atoms with Crippen LogP contribution in [0.1, 0.15) is 33.2 Å². The third-order valence-corrected chi connectivity index (χ3v) is 8.11. The average molecular weight is 617 g/mol. The summed E-state index contributed by atoms with van der Waals surface area (Å²) in [5, 5.41) is 23.9. The fraction of sp³-hybridized carbons (Fsp3) is 0.125. The second-order valence-electron chi connectivity index (χ2n) is 7.80. The van der Waals surface area contributed by atoms with Crippen molar-refractivity contribution in [3.63, 3.8) is 0 Å². The quantitative estimate of drug-likeness (QED) is 0.0779. The lowest BCUT2D eigenvalue weighted by Crippen LogP contribution is -2.22. The number of rotatable bonds is 8. The Hall–Kier alpha value is -3.02. The van der Waals surface area contributed by atoms with Crippen molar-refractivity contribution in [3.8, 4) is 0 Å². The van der Waals surface area contributed by atoms with E-state index in [0.717, 1.165) is 0 Å². The van der Waals surface area contributed by atoms with Gasteiger partial charge in [0.25, 0.3) is 11.6 Å². The number of nitro benzene ring substituents is 1.